The molecule has 3 saturated carbocycles. The molecule has 0 bridgehead atoms. The molecule has 2 atom stereocenters. The average Bonchev–Trinajstić information content (AvgIpc) is 3.95. The van der Waals surface area contributed by atoms with E-state index in [1.807, 2.05) is 7.05 Å². The van der Waals surface area contributed by atoms with Crippen LogP contribution in [0.4, 0.5) is 0 Å². The predicted octanol–water partition coefficient (Wildman–Crippen LogP) is 8.84. The van der Waals surface area contributed by atoms with Gasteiger partial charge in [-0.2, -0.15) is 0 Å². The van der Waals surface area contributed by atoms with Crippen LogP contribution in [0.15, 0.2) is 36.4 Å². The minimum Gasteiger partial charge on any atom is -0.480 e. The number of piperidine rings is 1. The lowest BCUT2D eigenvalue weighted by atomic mass is 9.77. The fraction of sp³-hybridized carbons (Fsp3) is 0.658. The topological polar surface area (TPSA) is 53.0 Å². The van der Waals surface area contributed by atoms with Crippen LogP contribution in [0.5, 0.6) is 0 Å². The van der Waals surface area contributed by atoms with Gasteiger partial charge in [-0.3, -0.25) is 9.69 Å². The van der Waals surface area contributed by atoms with Crippen molar-refractivity contribution in [3.8, 4) is 0 Å². The van der Waals surface area contributed by atoms with Crippen molar-refractivity contribution in [2.45, 2.75) is 126 Å². The molecule has 6 rings (SSSR count). The van der Waals surface area contributed by atoms with E-state index in [0.29, 0.717) is 30.0 Å². The normalized spacial score (nSPS) is 24.4. The van der Waals surface area contributed by atoms with Gasteiger partial charge in [0.05, 0.1) is 12.2 Å². The Morgan fingerprint density at radius 3 is 2.27 bits per heavy atom. The molecular formula is C38H53ClN2O3. The van der Waals surface area contributed by atoms with Crippen LogP contribution in [-0.2, 0) is 9.53 Å². The summed E-state index contributed by atoms with van der Waals surface area (Å²) < 4.78 is 6.24. The largest absolute Gasteiger partial charge is 0.480 e. The molecule has 240 valence electrons. The molecule has 2 aromatic rings. The summed E-state index contributed by atoms with van der Waals surface area (Å²) in [6.45, 7) is 6.39. The highest BCUT2D eigenvalue weighted by atomic mass is 35.5. The van der Waals surface area contributed by atoms with Gasteiger partial charge >= 0.3 is 5.97 Å². The lowest BCUT2D eigenvalue weighted by Crippen LogP contribution is -2.34. The Labute approximate surface area is 270 Å². The number of rotatable bonds is 14. The molecule has 0 aromatic heterocycles. The standard InChI is InChI=1S/C38H53ClN2O3/c1-26-7-6-8-34(36(26)29-11-14-31(15-12-29)44-32-16-17-32)37(38(42)43)40(2)23-19-28(20-24-41-21-4-3-5-22-41)35-25-30(39)13-18-33(35)27-9-10-27/h6-8,13,18,25,27-29,31-32,37H,3-5,9-12,14-17,19-24H2,1-2H3,(H,42,43). The van der Waals surface area contributed by atoms with Gasteiger partial charge in [0.2, 0.25) is 0 Å². The molecule has 44 heavy (non-hydrogen) atoms. The van der Waals surface area contributed by atoms with Crippen LogP contribution in [0, 0.1) is 6.92 Å². The third-order valence-corrected chi connectivity index (χ3v) is 11.1. The lowest BCUT2D eigenvalue weighted by molar-refractivity contribution is -0.143. The molecule has 2 aromatic carbocycles. The highest BCUT2D eigenvalue weighted by molar-refractivity contribution is 6.30. The Hall–Kier alpha value is -1.92. The molecule has 1 N–H and O–H groups in total. The molecule has 1 heterocycles. The van der Waals surface area contributed by atoms with Crippen LogP contribution >= 0.6 is 11.6 Å². The zero-order valence-electron chi connectivity index (χ0n) is 27.0. The van der Waals surface area contributed by atoms with E-state index in [0.717, 1.165) is 62.2 Å². The number of aliphatic carboxylic acids is 1. The Morgan fingerprint density at radius 1 is 0.932 bits per heavy atom. The summed E-state index contributed by atoms with van der Waals surface area (Å²) in [4.78, 5) is 17.8. The smallest absolute Gasteiger partial charge is 0.325 e. The third kappa shape index (κ3) is 8.07. The number of hydrogen-bond acceptors (Lipinski definition) is 4. The molecule has 1 aliphatic heterocycles. The molecule has 6 heteroatoms. The van der Waals surface area contributed by atoms with Crippen LogP contribution in [0.25, 0.3) is 0 Å². The summed E-state index contributed by atoms with van der Waals surface area (Å²) in [7, 11) is 2.02. The first-order chi connectivity index (χ1) is 21.4. The highest BCUT2D eigenvalue weighted by Crippen LogP contribution is 2.46. The van der Waals surface area contributed by atoms with E-state index in [4.69, 9.17) is 16.3 Å². The fourth-order valence-corrected chi connectivity index (χ4v) is 8.33. The van der Waals surface area contributed by atoms with E-state index in [2.05, 4.69) is 53.1 Å². The van der Waals surface area contributed by atoms with Crippen molar-refractivity contribution in [1.82, 2.24) is 9.80 Å². The van der Waals surface area contributed by atoms with Crippen molar-refractivity contribution in [3.63, 3.8) is 0 Å². The summed E-state index contributed by atoms with van der Waals surface area (Å²) in [5.41, 5.74) is 6.35. The first-order valence-corrected chi connectivity index (χ1v) is 17.9. The third-order valence-electron chi connectivity index (χ3n) is 10.9. The molecule has 1 saturated heterocycles. The van der Waals surface area contributed by atoms with Crippen molar-refractivity contribution in [1.29, 1.82) is 0 Å². The summed E-state index contributed by atoms with van der Waals surface area (Å²) in [6.07, 6.45) is 16.1. The zero-order valence-corrected chi connectivity index (χ0v) is 27.7. The number of aryl methyl sites for hydroxylation is 1. The average molecular weight is 621 g/mol. The van der Waals surface area contributed by atoms with Crippen LogP contribution in [0.1, 0.15) is 135 Å². The van der Waals surface area contributed by atoms with Crippen LogP contribution in [0.3, 0.4) is 0 Å². The van der Waals surface area contributed by atoms with Crippen molar-refractivity contribution >= 4 is 17.6 Å². The first kappa shape index (κ1) is 32.0. The van der Waals surface area contributed by atoms with Crippen molar-refractivity contribution in [3.05, 3.63) is 69.2 Å². The Kier molecular flexibility index (Phi) is 10.7. The van der Waals surface area contributed by atoms with Gasteiger partial charge in [-0.15, -0.1) is 0 Å². The Morgan fingerprint density at radius 2 is 1.61 bits per heavy atom. The molecule has 0 amide bonds. The van der Waals surface area contributed by atoms with Gasteiger partial charge < -0.3 is 14.7 Å². The lowest BCUT2D eigenvalue weighted by Gasteiger charge is -2.34. The van der Waals surface area contributed by atoms with Gasteiger partial charge in [-0.25, -0.2) is 0 Å². The number of nitrogens with zero attached hydrogens (tertiary/aromatic N) is 2. The molecule has 3 aliphatic carbocycles. The summed E-state index contributed by atoms with van der Waals surface area (Å²) in [6, 6.07) is 12.2. The van der Waals surface area contributed by atoms with Gasteiger partial charge in [-0.05, 0) is 175 Å². The second kappa shape index (κ2) is 14.7. The summed E-state index contributed by atoms with van der Waals surface area (Å²) in [5, 5.41) is 11.5. The number of hydrogen-bond donors (Lipinski definition) is 1. The van der Waals surface area contributed by atoms with E-state index >= 15 is 0 Å². The minimum absolute atomic E-state index is 0.363. The molecule has 5 nitrogen and oxygen atoms in total. The van der Waals surface area contributed by atoms with Crippen LogP contribution < -0.4 is 0 Å². The van der Waals surface area contributed by atoms with Crippen molar-refractivity contribution < 1.29 is 14.6 Å². The molecule has 4 fully saturated rings. The van der Waals surface area contributed by atoms with E-state index in [1.54, 1.807) is 0 Å². The molecule has 0 radical (unpaired) electrons. The second-order valence-electron chi connectivity index (χ2n) is 14.3. The van der Waals surface area contributed by atoms with Crippen LogP contribution in [-0.4, -0.2) is 66.3 Å². The maximum Gasteiger partial charge on any atom is 0.325 e. The fourth-order valence-electron chi connectivity index (χ4n) is 8.15. The molecule has 2 unspecified atom stereocenters. The zero-order chi connectivity index (χ0) is 30.6. The number of carboxylic acids is 1. The number of carboxylic acid groups (broad SMARTS) is 1. The van der Waals surface area contributed by atoms with Gasteiger partial charge in [0.15, 0.2) is 0 Å². The SMILES string of the molecule is Cc1cccc(C(C(=O)O)N(C)CCC(CCN2CCCCC2)c2cc(Cl)ccc2C2CC2)c1C1CCC(OC2CC2)CC1. The van der Waals surface area contributed by atoms with Crippen molar-refractivity contribution in [2.75, 3.05) is 33.2 Å². The maximum absolute atomic E-state index is 13.0. The van der Waals surface area contributed by atoms with E-state index < -0.39 is 12.0 Å². The van der Waals surface area contributed by atoms with Gasteiger partial charge in [-0.1, -0.05) is 42.3 Å². The maximum atomic E-state index is 13.0. The Bertz CT molecular complexity index is 1260. The van der Waals surface area contributed by atoms with Gasteiger partial charge in [0.1, 0.15) is 6.04 Å². The van der Waals surface area contributed by atoms with Crippen LogP contribution in [0.2, 0.25) is 5.02 Å². The van der Waals surface area contributed by atoms with E-state index in [-0.39, 0.29) is 0 Å². The predicted molar refractivity (Wildman–Crippen MR) is 179 cm³/mol. The number of carbonyl (C=O) groups is 1. The van der Waals surface area contributed by atoms with Gasteiger partial charge in [0, 0.05) is 5.02 Å². The summed E-state index contributed by atoms with van der Waals surface area (Å²) in [5.74, 6) is 0.660. The quantitative estimate of drug-likeness (QED) is 0.229. The molecule has 4 aliphatic rings. The van der Waals surface area contributed by atoms with Gasteiger partial charge in [0.25, 0.3) is 0 Å². The number of likely N-dealkylation sites (tertiary alicyclic amines) is 1. The van der Waals surface area contributed by atoms with E-state index in [1.165, 1.54) is 80.3 Å². The number of halogens is 1. The Balaban J connectivity index is 1.19. The molecular weight excluding hydrogens is 568 g/mol. The number of likely N-dealkylation sites (N-methyl/N-ethyl adjacent to an activating group) is 1. The number of ether oxygens (including phenoxy) is 1. The monoisotopic (exact) mass is 620 g/mol. The second-order valence-corrected chi connectivity index (χ2v) is 14.8. The summed E-state index contributed by atoms with van der Waals surface area (Å²) >= 11 is 6.61. The molecule has 0 spiro atoms. The minimum atomic E-state index is -0.753. The highest BCUT2D eigenvalue weighted by Gasteiger charge is 2.35. The van der Waals surface area contributed by atoms with E-state index in [9.17, 15) is 9.90 Å². The first-order valence-electron chi connectivity index (χ1n) is 17.6. The van der Waals surface area contributed by atoms with Crippen molar-refractivity contribution in [2.24, 2.45) is 0 Å². The number of benzene rings is 2.